The fourth-order valence-corrected chi connectivity index (χ4v) is 2.39. The van der Waals surface area contributed by atoms with Gasteiger partial charge in [0, 0.05) is 10.1 Å². The molecule has 2 atom stereocenters. The molecule has 0 saturated heterocycles. The van der Waals surface area contributed by atoms with E-state index in [0.717, 1.165) is 6.42 Å². The van der Waals surface area contributed by atoms with Crippen molar-refractivity contribution in [2.75, 3.05) is 0 Å². The zero-order valence-electron chi connectivity index (χ0n) is 9.33. The highest BCUT2D eigenvalue weighted by Crippen LogP contribution is 2.33. The Kier molecular flexibility index (Phi) is 4.61. The van der Waals surface area contributed by atoms with Crippen molar-refractivity contribution in [1.29, 1.82) is 0 Å². The largest absolute Gasteiger partial charge is 0.389 e. The summed E-state index contributed by atoms with van der Waals surface area (Å²) in [5.74, 6) is -0.237. The average molecular weight is 228 g/mol. The number of benzene rings is 1. The Bertz CT molecular complexity index is 325. The van der Waals surface area contributed by atoms with Crippen molar-refractivity contribution in [1.82, 2.24) is 0 Å². The van der Waals surface area contributed by atoms with Gasteiger partial charge in [-0.1, -0.05) is 26.0 Å². The molecule has 0 bridgehead atoms. The molecule has 1 aromatic rings. The molecule has 0 fully saturated rings. The lowest BCUT2D eigenvalue weighted by Crippen LogP contribution is -2.00. The summed E-state index contributed by atoms with van der Waals surface area (Å²) in [6.07, 6.45) is 0.366. The summed E-state index contributed by atoms with van der Waals surface area (Å²) in [7, 11) is 0. The van der Waals surface area contributed by atoms with E-state index in [-0.39, 0.29) is 5.82 Å². The lowest BCUT2D eigenvalue weighted by atomic mass is 10.1. The Morgan fingerprint density at radius 1 is 1.40 bits per heavy atom. The zero-order chi connectivity index (χ0) is 11.4. The van der Waals surface area contributed by atoms with Crippen LogP contribution in [-0.2, 0) is 0 Å². The molecule has 0 saturated carbocycles. The second kappa shape index (κ2) is 5.52. The van der Waals surface area contributed by atoms with E-state index in [1.807, 2.05) is 0 Å². The van der Waals surface area contributed by atoms with Gasteiger partial charge in [-0.05, 0) is 25.0 Å². The topological polar surface area (TPSA) is 20.2 Å². The van der Waals surface area contributed by atoms with Crippen molar-refractivity contribution < 1.29 is 9.50 Å². The van der Waals surface area contributed by atoms with Crippen LogP contribution in [0.2, 0.25) is 0 Å². The van der Waals surface area contributed by atoms with Gasteiger partial charge in [0.2, 0.25) is 0 Å². The van der Waals surface area contributed by atoms with Gasteiger partial charge in [-0.3, -0.25) is 0 Å². The van der Waals surface area contributed by atoms with Gasteiger partial charge < -0.3 is 5.11 Å². The van der Waals surface area contributed by atoms with Crippen LogP contribution in [0.3, 0.4) is 0 Å². The minimum Gasteiger partial charge on any atom is -0.389 e. The standard InChI is InChI=1S/C12H17FOS/c1-4-8(2)15-12-10(9(3)14)6-5-7-11(12)13/h5-9,14H,4H2,1-3H3. The molecule has 0 heterocycles. The van der Waals surface area contributed by atoms with E-state index in [1.165, 1.54) is 17.8 Å². The van der Waals surface area contributed by atoms with E-state index >= 15 is 0 Å². The number of thioether (sulfide) groups is 1. The summed E-state index contributed by atoms with van der Waals surface area (Å²) in [5, 5.41) is 9.90. The van der Waals surface area contributed by atoms with Crippen LogP contribution in [-0.4, -0.2) is 10.4 Å². The Morgan fingerprint density at radius 2 is 2.07 bits per heavy atom. The number of hydrogen-bond acceptors (Lipinski definition) is 2. The van der Waals surface area contributed by atoms with Gasteiger partial charge in [0.05, 0.1) is 6.10 Å². The highest BCUT2D eigenvalue weighted by atomic mass is 32.2. The predicted molar refractivity (Wildman–Crippen MR) is 62.6 cm³/mol. The molecule has 15 heavy (non-hydrogen) atoms. The Labute approximate surface area is 94.7 Å². The van der Waals surface area contributed by atoms with Crippen molar-refractivity contribution in [3.8, 4) is 0 Å². The number of rotatable bonds is 4. The van der Waals surface area contributed by atoms with E-state index in [4.69, 9.17) is 0 Å². The maximum absolute atomic E-state index is 13.6. The molecule has 1 aromatic carbocycles. The van der Waals surface area contributed by atoms with Gasteiger partial charge in [-0.15, -0.1) is 11.8 Å². The molecular weight excluding hydrogens is 211 g/mol. The molecule has 1 rings (SSSR count). The molecule has 0 aliphatic heterocycles. The smallest absolute Gasteiger partial charge is 0.137 e. The Hall–Kier alpha value is -0.540. The lowest BCUT2D eigenvalue weighted by molar-refractivity contribution is 0.195. The van der Waals surface area contributed by atoms with Crippen LogP contribution in [0.1, 0.15) is 38.9 Å². The zero-order valence-corrected chi connectivity index (χ0v) is 10.1. The number of aliphatic hydroxyl groups is 1. The molecule has 0 radical (unpaired) electrons. The molecule has 1 nitrogen and oxygen atoms in total. The second-order valence-electron chi connectivity index (χ2n) is 3.67. The Balaban J connectivity index is 3.02. The number of hydrogen-bond donors (Lipinski definition) is 1. The first kappa shape index (κ1) is 12.5. The fraction of sp³-hybridized carbons (Fsp3) is 0.500. The quantitative estimate of drug-likeness (QED) is 0.792. The first-order chi connectivity index (χ1) is 7.06. The minimum absolute atomic E-state index is 0.237. The normalized spacial score (nSPS) is 15.0. The van der Waals surface area contributed by atoms with E-state index in [2.05, 4.69) is 13.8 Å². The Morgan fingerprint density at radius 3 is 2.60 bits per heavy atom. The lowest BCUT2D eigenvalue weighted by Gasteiger charge is -2.15. The molecular formula is C12H17FOS. The van der Waals surface area contributed by atoms with Crippen LogP contribution in [0.25, 0.3) is 0 Å². The highest BCUT2D eigenvalue weighted by molar-refractivity contribution is 8.00. The molecule has 0 aromatic heterocycles. The summed E-state index contributed by atoms with van der Waals surface area (Å²) in [6, 6.07) is 4.85. The summed E-state index contributed by atoms with van der Waals surface area (Å²) in [4.78, 5) is 0.585. The highest BCUT2D eigenvalue weighted by Gasteiger charge is 2.14. The SMILES string of the molecule is CCC(C)Sc1c(F)cccc1C(C)O. The maximum Gasteiger partial charge on any atom is 0.137 e. The van der Waals surface area contributed by atoms with Crippen molar-refractivity contribution >= 4 is 11.8 Å². The third kappa shape index (κ3) is 3.21. The molecule has 0 aliphatic carbocycles. The summed E-state index contributed by atoms with van der Waals surface area (Å²) in [5.41, 5.74) is 0.681. The molecule has 2 unspecified atom stereocenters. The average Bonchev–Trinajstić information content (AvgIpc) is 2.20. The van der Waals surface area contributed by atoms with Gasteiger partial charge in [0.1, 0.15) is 5.82 Å². The van der Waals surface area contributed by atoms with Gasteiger partial charge in [-0.2, -0.15) is 0 Å². The third-order valence-electron chi connectivity index (χ3n) is 2.34. The molecule has 0 amide bonds. The van der Waals surface area contributed by atoms with Crippen LogP contribution in [0.15, 0.2) is 23.1 Å². The maximum atomic E-state index is 13.6. The van der Waals surface area contributed by atoms with Gasteiger partial charge in [-0.25, -0.2) is 4.39 Å². The molecule has 3 heteroatoms. The third-order valence-corrected chi connectivity index (χ3v) is 3.74. The first-order valence-corrected chi connectivity index (χ1v) is 6.07. The monoisotopic (exact) mass is 228 g/mol. The number of aliphatic hydroxyl groups excluding tert-OH is 1. The van der Waals surface area contributed by atoms with Crippen molar-refractivity contribution in [3.63, 3.8) is 0 Å². The molecule has 84 valence electrons. The van der Waals surface area contributed by atoms with Crippen molar-refractivity contribution in [2.24, 2.45) is 0 Å². The van der Waals surface area contributed by atoms with E-state index in [0.29, 0.717) is 15.7 Å². The van der Waals surface area contributed by atoms with Gasteiger partial charge in [0.25, 0.3) is 0 Å². The summed E-state index contributed by atoms with van der Waals surface area (Å²) in [6.45, 7) is 5.79. The second-order valence-corrected chi connectivity index (χ2v) is 5.12. The van der Waals surface area contributed by atoms with Crippen LogP contribution in [0, 0.1) is 5.82 Å². The first-order valence-electron chi connectivity index (χ1n) is 5.19. The van der Waals surface area contributed by atoms with Crippen molar-refractivity contribution in [2.45, 2.75) is 43.4 Å². The van der Waals surface area contributed by atoms with Crippen LogP contribution >= 0.6 is 11.8 Å². The predicted octanol–water partition coefficient (Wildman–Crippen LogP) is 3.77. The molecule has 0 aliphatic rings. The van der Waals surface area contributed by atoms with Crippen LogP contribution in [0.4, 0.5) is 4.39 Å². The summed E-state index contributed by atoms with van der Waals surface area (Å²) < 4.78 is 13.6. The van der Waals surface area contributed by atoms with Gasteiger partial charge in [0.15, 0.2) is 0 Å². The van der Waals surface area contributed by atoms with Crippen LogP contribution in [0.5, 0.6) is 0 Å². The van der Waals surface area contributed by atoms with E-state index in [9.17, 15) is 9.50 Å². The molecule has 1 N–H and O–H groups in total. The van der Waals surface area contributed by atoms with Crippen molar-refractivity contribution in [3.05, 3.63) is 29.6 Å². The van der Waals surface area contributed by atoms with Gasteiger partial charge >= 0.3 is 0 Å². The number of halogens is 1. The summed E-state index contributed by atoms with van der Waals surface area (Å²) >= 11 is 1.49. The van der Waals surface area contributed by atoms with E-state index in [1.54, 1.807) is 19.1 Å². The molecule has 0 spiro atoms. The minimum atomic E-state index is -0.618. The fourth-order valence-electron chi connectivity index (χ4n) is 1.26. The van der Waals surface area contributed by atoms with Crippen LogP contribution < -0.4 is 0 Å². The van der Waals surface area contributed by atoms with E-state index < -0.39 is 6.10 Å².